The average Bonchev–Trinajstić information content (AvgIpc) is 3.11. The van der Waals surface area contributed by atoms with Crippen LogP contribution in [-0.4, -0.2) is 69.4 Å². The molecule has 4 heterocycles. The molecule has 2 aromatic heterocycles. The zero-order chi connectivity index (χ0) is 17.0. The second-order valence-electron chi connectivity index (χ2n) is 7.47. The zero-order valence-electron chi connectivity index (χ0n) is 14.4. The maximum absolute atomic E-state index is 11.9. The first-order valence-electron chi connectivity index (χ1n) is 9.17. The van der Waals surface area contributed by atoms with Crippen molar-refractivity contribution in [2.24, 2.45) is 0 Å². The molecule has 0 spiro atoms. The Morgan fingerprint density at radius 3 is 2.72 bits per heavy atom. The minimum absolute atomic E-state index is 0.0191. The number of amides is 1. The molecule has 8 nitrogen and oxygen atoms in total. The van der Waals surface area contributed by atoms with E-state index in [1.54, 1.807) is 0 Å². The van der Waals surface area contributed by atoms with Crippen molar-refractivity contribution >= 4 is 17.4 Å². The Kier molecular flexibility index (Phi) is 3.41. The molecule has 2 aliphatic heterocycles. The minimum Gasteiger partial charge on any atom is -0.355 e. The number of nitrogens with one attached hydrogen (secondary N) is 1. The van der Waals surface area contributed by atoms with Gasteiger partial charge >= 0.3 is 0 Å². The Morgan fingerprint density at radius 1 is 1.20 bits per heavy atom. The summed E-state index contributed by atoms with van der Waals surface area (Å²) in [5.41, 5.74) is 0.822. The number of aromatic nitrogens is 4. The molecule has 1 saturated carbocycles. The summed E-state index contributed by atoms with van der Waals surface area (Å²) >= 11 is 0. The van der Waals surface area contributed by atoms with E-state index in [9.17, 15) is 4.79 Å². The molecule has 5 rings (SSSR count). The number of rotatable bonds is 4. The molecule has 0 bridgehead atoms. The van der Waals surface area contributed by atoms with E-state index < -0.39 is 0 Å². The predicted molar refractivity (Wildman–Crippen MR) is 92.6 cm³/mol. The maximum atomic E-state index is 11.9. The van der Waals surface area contributed by atoms with Gasteiger partial charge in [-0.25, -0.2) is 0 Å². The molecule has 3 fully saturated rings. The van der Waals surface area contributed by atoms with E-state index in [0.717, 1.165) is 43.3 Å². The second-order valence-corrected chi connectivity index (χ2v) is 7.47. The SMILES string of the molecule is CN(C1CN(c2ccc3nnc(C4CCC4)n3n2)C1)C1CCNC1=O. The van der Waals surface area contributed by atoms with Gasteiger partial charge in [0.15, 0.2) is 11.5 Å². The summed E-state index contributed by atoms with van der Waals surface area (Å²) in [5.74, 6) is 2.64. The highest BCUT2D eigenvalue weighted by molar-refractivity contribution is 5.83. The molecule has 1 atom stereocenters. The van der Waals surface area contributed by atoms with Gasteiger partial charge < -0.3 is 10.2 Å². The zero-order valence-corrected chi connectivity index (χ0v) is 14.4. The van der Waals surface area contributed by atoms with Gasteiger partial charge in [-0.15, -0.1) is 15.3 Å². The molecular weight excluding hydrogens is 318 g/mol. The summed E-state index contributed by atoms with van der Waals surface area (Å²) in [6.45, 7) is 2.60. The van der Waals surface area contributed by atoms with Crippen molar-refractivity contribution in [1.82, 2.24) is 30.0 Å². The van der Waals surface area contributed by atoms with E-state index >= 15 is 0 Å². The van der Waals surface area contributed by atoms with Gasteiger partial charge in [0.2, 0.25) is 5.91 Å². The average molecular weight is 341 g/mol. The number of hydrogen-bond acceptors (Lipinski definition) is 6. The highest BCUT2D eigenvalue weighted by Crippen LogP contribution is 2.35. The largest absolute Gasteiger partial charge is 0.355 e. The van der Waals surface area contributed by atoms with E-state index in [1.807, 2.05) is 16.6 Å². The summed E-state index contributed by atoms with van der Waals surface area (Å²) < 4.78 is 1.92. The molecule has 3 aliphatic rings. The second kappa shape index (κ2) is 5.66. The minimum atomic E-state index is 0.0191. The monoisotopic (exact) mass is 341 g/mol. The van der Waals surface area contributed by atoms with Gasteiger partial charge in [0.1, 0.15) is 5.82 Å². The topological polar surface area (TPSA) is 78.7 Å². The fourth-order valence-electron chi connectivity index (χ4n) is 4.01. The highest BCUT2D eigenvalue weighted by atomic mass is 16.2. The fourth-order valence-corrected chi connectivity index (χ4v) is 4.01. The standard InChI is InChI=1S/C17H23N7O/c1-22(13-7-8-18-17(13)25)12-9-23(10-12)15-6-5-14-19-20-16(24(14)21-15)11-3-2-4-11/h5-6,11-13H,2-4,7-10H2,1H3,(H,18,25). The number of carbonyl (C=O) groups is 1. The molecule has 8 heteroatoms. The summed E-state index contributed by atoms with van der Waals surface area (Å²) in [7, 11) is 2.06. The Labute approximate surface area is 146 Å². The van der Waals surface area contributed by atoms with E-state index in [4.69, 9.17) is 5.10 Å². The first-order chi connectivity index (χ1) is 12.2. The molecule has 2 aromatic rings. The number of carbonyl (C=O) groups excluding carboxylic acids is 1. The smallest absolute Gasteiger partial charge is 0.237 e. The van der Waals surface area contributed by atoms with Gasteiger partial charge in [0, 0.05) is 31.6 Å². The number of anilines is 1. The third-order valence-corrected chi connectivity index (χ3v) is 6.02. The highest BCUT2D eigenvalue weighted by Gasteiger charge is 2.38. The molecule has 1 amide bonds. The van der Waals surface area contributed by atoms with Crippen LogP contribution >= 0.6 is 0 Å². The van der Waals surface area contributed by atoms with Crippen LogP contribution in [0.4, 0.5) is 5.82 Å². The van der Waals surface area contributed by atoms with Gasteiger partial charge in [-0.3, -0.25) is 9.69 Å². The summed E-state index contributed by atoms with van der Waals surface area (Å²) in [4.78, 5) is 16.3. The van der Waals surface area contributed by atoms with Gasteiger partial charge in [-0.2, -0.15) is 4.52 Å². The lowest BCUT2D eigenvalue weighted by Crippen LogP contribution is -2.61. The Bertz CT molecular complexity index is 808. The van der Waals surface area contributed by atoms with E-state index in [1.165, 1.54) is 19.3 Å². The molecule has 1 unspecified atom stereocenters. The number of hydrogen-bond donors (Lipinski definition) is 1. The van der Waals surface area contributed by atoms with Crippen molar-refractivity contribution in [3.05, 3.63) is 18.0 Å². The van der Waals surface area contributed by atoms with Crippen LogP contribution in [0.15, 0.2) is 12.1 Å². The van der Waals surface area contributed by atoms with Crippen LogP contribution in [0.2, 0.25) is 0 Å². The molecule has 1 aliphatic carbocycles. The molecule has 2 saturated heterocycles. The number of nitrogens with zero attached hydrogens (tertiary/aromatic N) is 6. The van der Waals surface area contributed by atoms with Crippen molar-refractivity contribution in [3.8, 4) is 0 Å². The van der Waals surface area contributed by atoms with Crippen LogP contribution in [0, 0.1) is 0 Å². The normalized spacial score (nSPS) is 24.6. The molecular formula is C17H23N7O. The fraction of sp³-hybridized carbons (Fsp3) is 0.647. The van der Waals surface area contributed by atoms with Crippen LogP contribution in [0.5, 0.6) is 0 Å². The van der Waals surface area contributed by atoms with Crippen molar-refractivity contribution in [3.63, 3.8) is 0 Å². The van der Waals surface area contributed by atoms with Crippen LogP contribution in [0.1, 0.15) is 37.4 Å². The first-order valence-corrected chi connectivity index (χ1v) is 9.17. The van der Waals surface area contributed by atoms with Crippen molar-refractivity contribution in [2.75, 3.05) is 31.6 Å². The van der Waals surface area contributed by atoms with Gasteiger partial charge in [0.25, 0.3) is 0 Å². The van der Waals surface area contributed by atoms with E-state index in [0.29, 0.717) is 12.0 Å². The van der Waals surface area contributed by atoms with E-state index in [2.05, 4.69) is 32.4 Å². The van der Waals surface area contributed by atoms with Crippen molar-refractivity contribution in [2.45, 2.75) is 43.7 Å². The lowest BCUT2D eigenvalue weighted by molar-refractivity contribution is -0.124. The lowest BCUT2D eigenvalue weighted by Gasteiger charge is -2.46. The molecule has 1 N–H and O–H groups in total. The lowest BCUT2D eigenvalue weighted by atomic mass is 9.85. The van der Waals surface area contributed by atoms with Crippen LogP contribution in [-0.2, 0) is 4.79 Å². The Hall–Kier alpha value is -2.22. The summed E-state index contributed by atoms with van der Waals surface area (Å²) in [5, 5.41) is 16.3. The van der Waals surface area contributed by atoms with Crippen LogP contribution < -0.4 is 10.2 Å². The van der Waals surface area contributed by atoms with Crippen molar-refractivity contribution in [1.29, 1.82) is 0 Å². The Balaban J connectivity index is 1.31. The number of fused-ring (bicyclic) bond motifs is 1. The van der Waals surface area contributed by atoms with Gasteiger partial charge in [-0.1, -0.05) is 6.42 Å². The van der Waals surface area contributed by atoms with Gasteiger partial charge in [0.05, 0.1) is 6.04 Å². The number of likely N-dealkylation sites (N-methyl/N-ethyl adjacent to an activating group) is 1. The van der Waals surface area contributed by atoms with Crippen molar-refractivity contribution < 1.29 is 4.79 Å². The third kappa shape index (κ3) is 2.38. The molecule has 25 heavy (non-hydrogen) atoms. The molecule has 132 valence electrons. The van der Waals surface area contributed by atoms with Gasteiger partial charge in [-0.05, 0) is 38.4 Å². The Morgan fingerprint density at radius 2 is 2.04 bits per heavy atom. The van der Waals surface area contributed by atoms with E-state index in [-0.39, 0.29) is 11.9 Å². The van der Waals surface area contributed by atoms with Crippen LogP contribution in [0.25, 0.3) is 5.65 Å². The summed E-state index contributed by atoms with van der Waals surface area (Å²) in [6, 6.07) is 4.44. The quantitative estimate of drug-likeness (QED) is 0.867. The molecule has 0 aromatic carbocycles. The molecule has 0 radical (unpaired) electrons. The third-order valence-electron chi connectivity index (χ3n) is 6.02. The predicted octanol–water partition coefficient (Wildman–Crippen LogP) is 0.401. The summed E-state index contributed by atoms with van der Waals surface area (Å²) in [6.07, 6.45) is 4.55. The van der Waals surface area contributed by atoms with Crippen LogP contribution in [0.3, 0.4) is 0 Å². The first kappa shape index (κ1) is 15.1. The maximum Gasteiger partial charge on any atom is 0.237 e.